The number of amides is 1. The monoisotopic (exact) mass is 272 g/mol. The van der Waals surface area contributed by atoms with Crippen LogP contribution in [0.15, 0.2) is 0 Å². The molecule has 0 bridgehead atoms. The van der Waals surface area contributed by atoms with Crippen molar-refractivity contribution in [3.8, 4) is 0 Å². The molecule has 0 aromatic carbocycles. The minimum atomic E-state index is -0.635. The van der Waals surface area contributed by atoms with Crippen molar-refractivity contribution >= 4 is 11.9 Å². The summed E-state index contributed by atoms with van der Waals surface area (Å²) in [5.74, 6) is -0.643. The van der Waals surface area contributed by atoms with Crippen LogP contribution in [0.3, 0.4) is 0 Å². The second kappa shape index (κ2) is 6.86. The van der Waals surface area contributed by atoms with Crippen LogP contribution in [-0.4, -0.2) is 44.8 Å². The van der Waals surface area contributed by atoms with E-state index in [9.17, 15) is 9.59 Å². The van der Waals surface area contributed by atoms with E-state index in [4.69, 9.17) is 15.2 Å². The van der Waals surface area contributed by atoms with E-state index in [0.29, 0.717) is 26.1 Å². The van der Waals surface area contributed by atoms with Crippen molar-refractivity contribution < 1.29 is 19.1 Å². The van der Waals surface area contributed by atoms with Gasteiger partial charge in [0.05, 0.1) is 12.5 Å². The maximum atomic E-state index is 12.4. The highest BCUT2D eigenvalue weighted by Gasteiger charge is 2.40. The number of methoxy groups -OCH3 is 1. The molecular formula is C13H24N2O4. The molecule has 1 unspecified atom stereocenters. The van der Waals surface area contributed by atoms with Crippen LogP contribution < -0.4 is 11.1 Å². The molecule has 1 amide bonds. The fraction of sp³-hybridized carbons (Fsp3) is 0.846. The molecule has 110 valence electrons. The summed E-state index contributed by atoms with van der Waals surface area (Å²) >= 11 is 0. The van der Waals surface area contributed by atoms with E-state index in [2.05, 4.69) is 5.32 Å². The van der Waals surface area contributed by atoms with Crippen molar-refractivity contribution in [2.24, 2.45) is 17.1 Å². The number of carbonyl (C=O) groups is 2. The van der Waals surface area contributed by atoms with E-state index < -0.39 is 17.4 Å². The van der Waals surface area contributed by atoms with E-state index in [1.165, 1.54) is 7.11 Å². The van der Waals surface area contributed by atoms with Crippen molar-refractivity contribution in [3.05, 3.63) is 0 Å². The summed E-state index contributed by atoms with van der Waals surface area (Å²) in [5.41, 5.74) is 5.14. The maximum absolute atomic E-state index is 12.4. The number of hydrogen-bond acceptors (Lipinski definition) is 5. The lowest BCUT2D eigenvalue weighted by atomic mass is 9.79. The second-order valence-corrected chi connectivity index (χ2v) is 5.32. The zero-order valence-corrected chi connectivity index (χ0v) is 11.9. The largest absolute Gasteiger partial charge is 0.467 e. The van der Waals surface area contributed by atoms with Gasteiger partial charge in [0.2, 0.25) is 5.91 Å². The predicted octanol–water partition coefficient (Wildman–Crippen LogP) is 0.0557. The number of rotatable bonds is 5. The number of carbonyl (C=O) groups excluding carboxylic acids is 2. The number of esters is 1. The van der Waals surface area contributed by atoms with Gasteiger partial charge in [-0.1, -0.05) is 13.8 Å². The molecule has 1 rings (SSSR count). The molecule has 6 heteroatoms. The molecule has 0 saturated carbocycles. The Morgan fingerprint density at radius 1 is 1.37 bits per heavy atom. The minimum absolute atomic E-state index is 0.0361. The van der Waals surface area contributed by atoms with Gasteiger partial charge in [-0.15, -0.1) is 0 Å². The van der Waals surface area contributed by atoms with Gasteiger partial charge in [0.25, 0.3) is 0 Å². The maximum Gasteiger partial charge on any atom is 0.328 e. The summed E-state index contributed by atoms with van der Waals surface area (Å²) in [6, 6.07) is -0.635. The number of hydrogen-bond donors (Lipinski definition) is 2. The van der Waals surface area contributed by atoms with Crippen molar-refractivity contribution in [3.63, 3.8) is 0 Å². The molecule has 0 radical (unpaired) electrons. The average molecular weight is 272 g/mol. The van der Waals surface area contributed by atoms with Crippen molar-refractivity contribution in [2.75, 3.05) is 26.9 Å². The summed E-state index contributed by atoms with van der Waals surface area (Å²) in [7, 11) is 1.32. The van der Waals surface area contributed by atoms with E-state index in [1.807, 2.05) is 13.8 Å². The van der Waals surface area contributed by atoms with Crippen LogP contribution in [-0.2, 0) is 19.1 Å². The fourth-order valence-electron chi connectivity index (χ4n) is 2.21. The molecule has 0 spiro atoms. The average Bonchev–Trinajstić information content (AvgIpc) is 2.43. The third kappa shape index (κ3) is 3.67. The predicted molar refractivity (Wildman–Crippen MR) is 70.3 cm³/mol. The third-order valence-electron chi connectivity index (χ3n) is 3.73. The molecule has 1 atom stereocenters. The summed E-state index contributed by atoms with van der Waals surface area (Å²) in [6.45, 7) is 5.03. The molecule has 0 aromatic heterocycles. The molecular weight excluding hydrogens is 248 g/mol. The lowest BCUT2D eigenvalue weighted by molar-refractivity contribution is -0.149. The smallest absolute Gasteiger partial charge is 0.328 e. The summed E-state index contributed by atoms with van der Waals surface area (Å²) < 4.78 is 9.99. The molecule has 1 aliphatic heterocycles. The Bertz CT molecular complexity index is 325. The molecule has 0 aliphatic carbocycles. The lowest BCUT2D eigenvalue weighted by Gasteiger charge is -2.36. The fourth-order valence-corrected chi connectivity index (χ4v) is 2.21. The van der Waals surface area contributed by atoms with Gasteiger partial charge >= 0.3 is 5.97 Å². The Morgan fingerprint density at radius 3 is 2.37 bits per heavy atom. The summed E-state index contributed by atoms with van der Waals surface area (Å²) in [6.07, 6.45) is 1.17. The van der Waals surface area contributed by atoms with Crippen LogP contribution in [0.1, 0.15) is 26.7 Å². The zero-order valence-electron chi connectivity index (χ0n) is 11.9. The molecule has 1 heterocycles. The third-order valence-corrected chi connectivity index (χ3v) is 3.73. The first kappa shape index (κ1) is 15.9. The molecule has 0 aromatic rings. The highest BCUT2D eigenvalue weighted by Crippen LogP contribution is 2.29. The van der Waals surface area contributed by atoms with Crippen LogP contribution in [0, 0.1) is 11.3 Å². The highest BCUT2D eigenvalue weighted by molar-refractivity contribution is 5.88. The van der Waals surface area contributed by atoms with E-state index in [-0.39, 0.29) is 18.4 Å². The first-order chi connectivity index (χ1) is 8.96. The zero-order chi connectivity index (χ0) is 14.5. The van der Waals surface area contributed by atoms with Crippen LogP contribution in [0.4, 0.5) is 0 Å². The van der Waals surface area contributed by atoms with Crippen LogP contribution >= 0.6 is 0 Å². The normalized spacial score (nSPS) is 19.8. The van der Waals surface area contributed by atoms with Gasteiger partial charge < -0.3 is 20.5 Å². The molecule has 1 aliphatic rings. The van der Waals surface area contributed by atoms with Crippen LogP contribution in [0.5, 0.6) is 0 Å². The van der Waals surface area contributed by atoms with Crippen molar-refractivity contribution in [1.82, 2.24) is 5.32 Å². The van der Waals surface area contributed by atoms with Gasteiger partial charge in [0, 0.05) is 19.8 Å². The standard InChI is InChI=1S/C13H24N2O4/c1-9(2)10(11(16)18-3)15-12(17)13(8-14)4-6-19-7-5-13/h9-10H,4-8,14H2,1-3H3,(H,15,17). The molecule has 19 heavy (non-hydrogen) atoms. The Kier molecular flexibility index (Phi) is 5.75. The number of nitrogens with one attached hydrogen (secondary N) is 1. The quantitative estimate of drug-likeness (QED) is 0.690. The van der Waals surface area contributed by atoms with E-state index in [0.717, 1.165) is 0 Å². The number of nitrogens with two attached hydrogens (primary N) is 1. The number of ether oxygens (including phenoxy) is 2. The molecule has 3 N–H and O–H groups in total. The van der Waals surface area contributed by atoms with Crippen molar-refractivity contribution in [2.45, 2.75) is 32.7 Å². The van der Waals surface area contributed by atoms with Crippen molar-refractivity contribution in [1.29, 1.82) is 0 Å². The molecule has 1 saturated heterocycles. The van der Waals surface area contributed by atoms with Gasteiger partial charge in [-0.25, -0.2) is 4.79 Å². The Hall–Kier alpha value is -1.14. The Balaban J connectivity index is 2.77. The van der Waals surface area contributed by atoms with Crippen LogP contribution in [0.2, 0.25) is 0 Å². The van der Waals surface area contributed by atoms with Gasteiger partial charge in [0.1, 0.15) is 6.04 Å². The van der Waals surface area contributed by atoms with Gasteiger partial charge in [-0.3, -0.25) is 4.79 Å². The Labute approximate surface area is 114 Å². The highest BCUT2D eigenvalue weighted by atomic mass is 16.5. The molecule has 6 nitrogen and oxygen atoms in total. The van der Waals surface area contributed by atoms with Crippen LogP contribution in [0.25, 0.3) is 0 Å². The van der Waals surface area contributed by atoms with E-state index in [1.54, 1.807) is 0 Å². The first-order valence-corrected chi connectivity index (χ1v) is 6.63. The van der Waals surface area contributed by atoms with Gasteiger partial charge in [-0.05, 0) is 18.8 Å². The van der Waals surface area contributed by atoms with Gasteiger partial charge in [-0.2, -0.15) is 0 Å². The first-order valence-electron chi connectivity index (χ1n) is 6.63. The SMILES string of the molecule is COC(=O)C(NC(=O)C1(CN)CCOCC1)C(C)C. The Morgan fingerprint density at radius 2 is 1.95 bits per heavy atom. The molecule has 1 fully saturated rings. The minimum Gasteiger partial charge on any atom is -0.467 e. The van der Waals surface area contributed by atoms with Gasteiger partial charge in [0.15, 0.2) is 0 Å². The summed E-state index contributed by atoms with van der Waals surface area (Å²) in [5, 5.41) is 2.78. The summed E-state index contributed by atoms with van der Waals surface area (Å²) in [4.78, 5) is 24.1. The van der Waals surface area contributed by atoms with E-state index >= 15 is 0 Å². The topological polar surface area (TPSA) is 90.7 Å². The lowest BCUT2D eigenvalue weighted by Crippen LogP contribution is -2.55. The second-order valence-electron chi connectivity index (χ2n) is 5.32.